The first-order valence-corrected chi connectivity index (χ1v) is 8.27. The summed E-state index contributed by atoms with van der Waals surface area (Å²) in [6.07, 6.45) is 5.51. The normalized spacial score (nSPS) is 11.6. The van der Waals surface area contributed by atoms with Gasteiger partial charge in [-0.3, -0.25) is 8.61 Å². The standard InChI is InChI=1S/C12H28N2S2/c1-5-13(3)15-11-9-7-8-10-12-16-14(4)6-2/h5-12H2,1-4H3. The van der Waals surface area contributed by atoms with Crippen molar-refractivity contribution in [3.8, 4) is 0 Å². The monoisotopic (exact) mass is 264 g/mol. The highest BCUT2D eigenvalue weighted by atomic mass is 32.2. The predicted molar refractivity (Wildman–Crippen MR) is 80.0 cm³/mol. The Morgan fingerprint density at radius 1 is 0.688 bits per heavy atom. The number of hydrogen-bond donors (Lipinski definition) is 0. The van der Waals surface area contributed by atoms with Crippen molar-refractivity contribution in [3.63, 3.8) is 0 Å². The van der Waals surface area contributed by atoms with E-state index in [9.17, 15) is 0 Å². The Balaban J connectivity index is 3.04. The summed E-state index contributed by atoms with van der Waals surface area (Å²) in [5.41, 5.74) is 0. The number of nitrogens with zero attached hydrogens (tertiary/aromatic N) is 2. The van der Waals surface area contributed by atoms with Crippen molar-refractivity contribution < 1.29 is 0 Å². The lowest BCUT2D eigenvalue weighted by atomic mass is 10.2. The Bertz CT molecular complexity index is 129. The molecule has 0 amide bonds. The fraction of sp³-hybridized carbons (Fsp3) is 1.00. The molecule has 0 N–H and O–H groups in total. The predicted octanol–water partition coefficient (Wildman–Crippen LogP) is 3.75. The molecule has 0 aromatic carbocycles. The van der Waals surface area contributed by atoms with Crippen molar-refractivity contribution >= 4 is 23.9 Å². The maximum absolute atomic E-state index is 2.31. The third-order valence-corrected chi connectivity index (χ3v) is 4.89. The molecule has 0 saturated carbocycles. The van der Waals surface area contributed by atoms with Crippen LogP contribution in [0.5, 0.6) is 0 Å². The second-order valence-electron chi connectivity index (χ2n) is 3.97. The summed E-state index contributed by atoms with van der Waals surface area (Å²) in [6.45, 7) is 6.69. The Labute approximate surface area is 111 Å². The smallest absolute Gasteiger partial charge is 0.00807 e. The van der Waals surface area contributed by atoms with E-state index in [1.807, 2.05) is 23.9 Å². The van der Waals surface area contributed by atoms with Crippen molar-refractivity contribution in [3.05, 3.63) is 0 Å². The van der Waals surface area contributed by atoms with E-state index in [1.54, 1.807) is 0 Å². The quantitative estimate of drug-likeness (QED) is 0.414. The maximum atomic E-state index is 2.31. The summed E-state index contributed by atoms with van der Waals surface area (Å²) in [4.78, 5) is 0. The summed E-state index contributed by atoms with van der Waals surface area (Å²) >= 11 is 3.94. The van der Waals surface area contributed by atoms with Crippen LogP contribution in [0.4, 0.5) is 0 Å². The molecule has 0 atom stereocenters. The van der Waals surface area contributed by atoms with Gasteiger partial charge in [0.25, 0.3) is 0 Å². The average Bonchev–Trinajstić information content (AvgIpc) is 2.31. The fourth-order valence-electron chi connectivity index (χ4n) is 1.18. The second-order valence-corrected chi connectivity index (χ2v) is 6.55. The fourth-order valence-corrected chi connectivity index (χ4v) is 2.84. The van der Waals surface area contributed by atoms with E-state index < -0.39 is 0 Å². The highest BCUT2D eigenvalue weighted by molar-refractivity contribution is 7.97. The van der Waals surface area contributed by atoms with Crippen molar-refractivity contribution in [2.75, 3.05) is 38.7 Å². The maximum Gasteiger partial charge on any atom is 0.00807 e. The van der Waals surface area contributed by atoms with Gasteiger partial charge in [-0.15, -0.1) is 0 Å². The number of hydrogen-bond acceptors (Lipinski definition) is 4. The molecule has 0 aliphatic heterocycles. The van der Waals surface area contributed by atoms with Crippen LogP contribution in [0.15, 0.2) is 0 Å². The van der Waals surface area contributed by atoms with Gasteiger partial charge in [0.1, 0.15) is 0 Å². The minimum absolute atomic E-state index is 1.14. The molecule has 0 bridgehead atoms. The van der Waals surface area contributed by atoms with Gasteiger partial charge in [-0.25, -0.2) is 0 Å². The molecular formula is C12H28N2S2. The van der Waals surface area contributed by atoms with Crippen LogP contribution in [0.1, 0.15) is 39.5 Å². The van der Waals surface area contributed by atoms with E-state index in [0.717, 1.165) is 13.1 Å². The van der Waals surface area contributed by atoms with E-state index in [2.05, 4.69) is 36.6 Å². The lowest BCUT2D eigenvalue weighted by Gasteiger charge is -2.13. The minimum atomic E-state index is 1.14. The Hall–Kier alpha value is 0.620. The molecule has 98 valence electrons. The van der Waals surface area contributed by atoms with Crippen LogP contribution < -0.4 is 0 Å². The van der Waals surface area contributed by atoms with E-state index >= 15 is 0 Å². The van der Waals surface area contributed by atoms with Gasteiger partial charge in [-0.1, -0.05) is 50.6 Å². The Kier molecular flexibility index (Phi) is 12.6. The molecule has 2 nitrogen and oxygen atoms in total. The molecule has 0 fully saturated rings. The van der Waals surface area contributed by atoms with Gasteiger partial charge >= 0.3 is 0 Å². The zero-order valence-corrected chi connectivity index (χ0v) is 13.0. The summed E-state index contributed by atoms with van der Waals surface area (Å²) in [7, 11) is 4.34. The van der Waals surface area contributed by atoms with Crippen LogP contribution in [0.2, 0.25) is 0 Å². The third kappa shape index (κ3) is 11.1. The first kappa shape index (κ1) is 16.6. The van der Waals surface area contributed by atoms with Crippen molar-refractivity contribution in [1.29, 1.82) is 0 Å². The molecule has 0 unspecified atom stereocenters. The molecule has 0 spiro atoms. The van der Waals surface area contributed by atoms with Crippen molar-refractivity contribution in [1.82, 2.24) is 8.61 Å². The molecule has 0 radical (unpaired) electrons. The average molecular weight is 265 g/mol. The zero-order valence-electron chi connectivity index (χ0n) is 11.4. The molecule has 0 saturated heterocycles. The van der Waals surface area contributed by atoms with Gasteiger partial charge in [-0.05, 0) is 26.9 Å². The SMILES string of the molecule is CCN(C)SCCCCCCSN(C)CC. The summed E-state index contributed by atoms with van der Waals surface area (Å²) in [5, 5.41) is 0. The van der Waals surface area contributed by atoms with Crippen LogP contribution in [0, 0.1) is 0 Å². The lowest BCUT2D eigenvalue weighted by molar-refractivity contribution is 0.595. The molecule has 0 aliphatic rings. The van der Waals surface area contributed by atoms with Gasteiger partial charge in [0.05, 0.1) is 0 Å². The highest BCUT2D eigenvalue weighted by Crippen LogP contribution is 2.13. The van der Waals surface area contributed by atoms with Gasteiger partial charge in [-0.2, -0.15) is 0 Å². The largest absolute Gasteiger partial charge is 0.254 e. The van der Waals surface area contributed by atoms with E-state index in [0.29, 0.717) is 0 Å². The minimum Gasteiger partial charge on any atom is -0.254 e. The van der Waals surface area contributed by atoms with Crippen molar-refractivity contribution in [2.24, 2.45) is 0 Å². The van der Waals surface area contributed by atoms with E-state index in [1.165, 1.54) is 37.2 Å². The zero-order chi connectivity index (χ0) is 12.2. The van der Waals surface area contributed by atoms with Gasteiger partial charge in [0, 0.05) is 24.6 Å². The summed E-state index contributed by atoms with van der Waals surface area (Å²) in [6, 6.07) is 0. The van der Waals surface area contributed by atoms with Gasteiger partial charge in [0.15, 0.2) is 0 Å². The van der Waals surface area contributed by atoms with Gasteiger partial charge < -0.3 is 0 Å². The van der Waals surface area contributed by atoms with Crippen molar-refractivity contribution in [2.45, 2.75) is 39.5 Å². The van der Waals surface area contributed by atoms with E-state index in [4.69, 9.17) is 0 Å². The molecule has 0 aromatic rings. The van der Waals surface area contributed by atoms with E-state index in [-0.39, 0.29) is 0 Å². The van der Waals surface area contributed by atoms with Crippen LogP contribution in [0.25, 0.3) is 0 Å². The van der Waals surface area contributed by atoms with Gasteiger partial charge in [0.2, 0.25) is 0 Å². The Morgan fingerprint density at radius 3 is 1.38 bits per heavy atom. The first-order valence-electron chi connectivity index (χ1n) is 6.38. The lowest BCUT2D eigenvalue weighted by Crippen LogP contribution is -2.08. The summed E-state index contributed by atoms with van der Waals surface area (Å²) in [5.74, 6) is 2.57. The molecular weight excluding hydrogens is 236 g/mol. The topological polar surface area (TPSA) is 6.48 Å². The highest BCUT2D eigenvalue weighted by Gasteiger charge is 1.97. The Morgan fingerprint density at radius 2 is 1.06 bits per heavy atom. The molecule has 0 aromatic heterocycles. The first-order chi connectivity index (χ1) is 7.70. The number of unbranched alkanes of at least 4 members (excludes halogenated alkanes) is 3. The third-order valence-electron chi connectivity index (χ3n) is 2.55. The molecule has 16 heavy (non-hydrogen) atoms. The molecule has 4 heteroatoms. The molecule has 0 aliphatic carbocycles. The number of rotatable bonds is 11. The van der Waals surface area contributed by atoms with Crippen LogP contribution in [-0.2, 0) is 0 Å². The van der Waals surface area contributed by atoms with Crippen LogP contribution in [0.3, 0.4) is 0 Å². The van der Waals surface area contributed by atoms with Crippen LogP contribution in [-0.4, -0.2) is 47.3 Å². The second kappa shape index (κ2) is 12.1. The summed E-state index contributed by atoms with van der Waals surface area (Å²) < 4.78 is 4.62. The molecule has 0 rings (SSSR count). The molecule has 0 heterocycles. The van der Waals surface area contributed by atoms with Crippen LogP contribution >= 0.6 is 23.9 Å².